The van der Waals surface area contributed by atoms with Gasteiger partial charge in [0.15, 0.2) is 0 Å². The fourth-order valence-electron chi connectivity index (χ4n) is 3.59. The van der Waals surface area contributed by atoms with Crippen molar-refractivity contribution in [3.63, 3.8) is 0 Å². The highest BCUT2D eigenvalue weighted by Crippen LogP contribution is 2.22. The van der Waals surface area contributed by atoms with Gasteiger partial charge in [0.2, 0.25) is 0 Å². The molecule has 1 fully saturated rings. The Balaban J connectivity index is 1.74. The van der Waals surface area contributed by atoms with Crippen molar-refractivity contribution < 1.29 is 14.3 Å². The van der Waals surface area contributed by atoms with Crippen molar-refractivity contribution in [2.45, 2.75) is 51.6 Å². The van der Waals surface area contributed by atoms with E-state index < -0.39 is 11.2 Å². The van der Waals surface area contributed by atoms with E-state index in [9.17, 15) is 14.7 Å². The van der Waals surface area contributed by atoms with E-state index in [1.807, 2.05) is 30.3 Å². The van der Waals surface area contributed by atoms with Crippen molar-refractivity contribution in [2.24, 2.45) is 0 Å². The van der Waals surface area contributed by atoms with E-state index in [1.54, 1.807) is 24.8 Å². The van der Waals surface area contributed by atoms with Gasteiger partial charge >= 0.3 is 5.63 Å². The smallest absolute Gasteiger partial charge is 0.349 e. The average Bonchev–Trinajstić information content (AvgIpc) is 2.81. The normalized spacial score (nSPS) is 20.3. The van der Waals surface area contributed by atoms with Crippen molar-refractivity contribution in [1.82, 2.24) is 4.90 Å². The quantitative estimate of drug-likeness (QED) is 0.899. The van der Waals surface area contributed by atoms with Crippen LogP contribution in [0.15, 0.2) is 45.6 Å². The molecule has 2 aromatic rings. The summed E-state index contributed by atoms with van der Waals surface area (Å²) in [6.07, 6.45) is 3.28. The number of hydrogen-bond donors (Lipinski definition) is 1. The molecule has 1 saturated heterocycles. The van der Waals surface area contributed by atoms with Gasteiger partial charge in [0.25, 0.3) is 5.91 Å². The molecule has 0 bridgehead atoms. The Bertz CT molecular complexity index is 854. The monoisotopic (exact) mass is 369 g/mol. The van der Waals surface area contributed by atoms with E-state index in [0.29, 0.717) is 43.7 Å². The molecular weight excluding hydrogens is 342 g/mol. The molecule has 5 heteroatoms. The van der Waals surface area contributed by atoms with Crippen LogP contribution in [0.2, 0.25) is 0 Å². The third-order valence-electron chi connectivity index (χ3n) is 5.27. The maximum absolute atomic E-state index is 12.9. The number of likely N-dealkylation sites (tertiary alicyclic amines) is 1. The molecule has 27 heavy (non-hydrogen) atoms. The van der Waals surface area contributed by atoms with E-state index >= 15 is 0 Å². The molecule has 1 aromatic carbocycles. The van der Waals surface area contributed by atoms with Crippen LogP contribution in [0.1, 0.15) is 53.4 Å². The number of rotatable bonds is 4. The minimum absolute atomic E-state index is 0.111. The molecule has 5 nitrogen and oxygen atoms in total. The van der Waals surface area contributed by atoms with Crippen LogP contribution >= 0.6 is 0 Å². The molecule has 1 unspecified atom stereocenters. The fourth-order valence-corrected chi connectivity index (χ4v) is 3.59. The Morgan fingerprint density at radius 3 is 2.63 bits per heavy atom. The third-order valence-corrected chi connectivity index (χ3v) is 5.27. The molecule has 0 radical (unpaired) electrons. The molecule has 1 N–H and O–H groups in total. The minimum atomic E-state index is -0.754. The van der Waals surface area contributed by atoms with E-state index in [1.165, 1.54) is 5.56 Å². The Hall–Kier alpha value is -2.40. The standard InChI is InChI=1S/C22H27NO4/c1-16-15-18(10-9-17-7-4-3-5-8-17)27-21(25)19(16)20(24)23-13-6-11-22(2,26)12-14-23/h3-5,7-8,15,26H,6,9-14H2,1-2H3. The molecule has 1 amide bonds. The van der Waals surface area contributed by atoms with Crippen molar-refractivity contribution in [3.8, 4) is 0 Å². The second-order valence-corrected chi connectivity index (χ2v) is 7.69. The number of carbonyl (C=O) groups is 1. The van der Waals surface area contributed by atoms with Gasteiger partial charge < -0.3 is 14.4 Å². The van der Waals surface area contributed by atoms with Gasteiger partial charge in [-0.25, -0.2) is 4.79 Å². The van der Waals surface area contributed by atoms with Crippen LogP contribution < -0.4 is 5.63 Å². The highest BCUT2D eigenvalue weighted by Gasteiger charge is 2.29. The van der Waals surface area contributed by atoms with Crippen molar-refractivity contribution in [3.05, 3.63) is 69.3 Å². The summed E-state index contributed by atoms with van der Waals surface area (Å²) in [6.45, 7) is 4.57. The lowest BCUT2D eigenvalue weighted by molar-refractivity contribution is 0.0437. The number of amides is 1. The van der Waals surface area contributed by atoms with Gasteiger partial charge in [-0.1, -0.05) is 30.3 Å². The second kappa shape index (κ2) is 8.09. The highest BCUT2D eigenvalue weighted by atomic mass is 16.4. The summed E-state index contributed by atoms with van der Waals surface area (Å²) in [5.41, 5.74) is 0.611. The summed E-state index contributed by atoms with van der Waals surface area (Å²) in [6, 6.07) is 11.8. The third kappa shape index (κ3) is 4.86. The topological polar surface area (TPSA) is 70.8 Å². The number of aryl methyl sites for hydroxylation is 3. The van der Waals surface area contributed by atoms with Crippen LogP contribution in [-0.4, -0.2) is 34.6 Å². The first-order chi connectivity index (χ1) is 12.9. The van der Waals surface area contributed by atoms with Crippen molar-refractivity contribution in [1.29, 1.82) is 0 Å². The zero-order valence-electron chi connectivity index (χ0n) is 16.0. The van der Waals surface area contributed by atoms with Crippen LogP contribution in [0.25, 0.3) is 0 Å². The largest absolute Gasteiger partial charge is 0.427 e. The number of nitrogens with zero attached hydrogens (tertiary/aromatic N) is 1. The predicted molar refractivity (Wildman–Crippen MR) is 104 cm³/mol. The molecule has 1 aromatic heterocycles. The maximum atomic E-state index is 12.9. The van der Waals surface area contributed by atoms with Crippen LogP contribution in [0, 0.1) is 6.92 Å². The Kier molecular flexibility index (Phi) is 5.80. The van der Waals surface area contributed by atoms with Crippen LogP contribution in [0.4, 0.5) is 0 Å². The number of aliphatic hydroxyl groups is 1. The van der Waals surface area contributed by atoms with Crippen LogP contribution in [0.5, 0.6) is 0 Å². The highest BCUT2D eigenvalue weighted by molar-refractivity contribution is 5.95. The van der Waals surface area contributed by atoms with E-state index in [4.69, 9.17) is 4.42 Å². The maximum Gasteiger partial charge on any atom is 0.349 e. The fraction of sp³-hybridized carbons (Fsp3) is 0.455. The zero-order chi connectivity index (χ0) is 19.4. The van der Waals surface area contributed by atoms with Gasteiger partial charge in [0, 0.05) is 19.5 Å². The summed E-state index contributed by atoms with van der Waals surface area (Å²) < 4.78 is 5.44. The summed E-state index contributed by atoms with van der Waals surface area (Å²) in [7, 11) is 0. The summed E-state index contributed by atoms with van der Waals surface area (Å²) in [5, 5.41) is 10.2. The van der Waals surface area contributed by atoms with Gasteiger partial charge in [-0.15, -0.1) is 0 Å². The lowest BCUT2D eigenvalue weighted by Gasteiger charge is -2.22. The van der Waals surface area contributed by atoms with E-state index in [-0.39, 0.29) is 11.5 Å². The zero-order valence-corrected chi connectivity index (χ0v) is 16.0. The van der Waals surface area contributed by atoms with Gasteiger partial charge in [-0.05, 0) is 56.7 Å². The molecule has 1 aliphatic rings. The van der Waals surface area contributed by atoms with E-state index in [2.05, 4.69) is 0 Å². The summed E-state index contributed by atoms with van der Waals surface area (Å²) in [5.74, 6) is 0.297. The molecule has 0 spiro atoms. The molecule has 1 atom stereocenters. The van der Waals surface area contributed by atoms with Crippen LogP contribution in [0.3, 0.4) is 0 Å². The number of carbonyl (C=O) groups excluding carboxylic acids is 1. The summed E-state index contributed by atoms with van der Waals surface area (Å²) >= 11 is 0. The Labute approximate surface area is 159 Å². The van der Waals surface area contributed by atoms with Gasteiger partial charge in [-0.3, -0.25) is 4.79 Å². The number of benzene rings is 1. The Morgan fingerprint density at radius 1 is 1.19 bits per heavy atom. The van der Waals surface area contributed by atoms with Crippen molar-refractivity contribution in [2.75, 3.05) is 13.1 Å². The van der Waals surface area contributed by atoms with Crippen LogP contribution in [-0.2, 0) is 12.8 Å². The molecular formula is C22H27NO4. The summed E-state index contributed by atoms with van der Waals surface area (Å²) in [4.78, 5) is 27.0. The average molecular weight is 369 g/mol. The first-order valence-corrected chi connectivity index (χ1v) is 9.55. The molecule has 1 aliphatic heterocycles. The lowest BCUT2D eigenvalue weighted by atomic mass is 9.98. The minimum Gasteiger partial charge on any atom is -0.427 e. The molecule has 0 aliphatic carbocycles. The van der Waals surface area contributed by atoms with Gasteiger partial charge in [0.1, 0.15) is 11.3 Å². The van der Waals surface area contributed by atoms with E-state index in [0.717, 1.165) is 12.8 Å². The molecule has 3 rings (SSSR count). The lowest BCUT2D eigenvalue weighted by Crippen LogP contribution is -2.36. The molecule has 0 saturated carbocycles. The van der Waals surface area contributed by atoms with Crippen molar-refractivity contribution >= 4 is 5.91 Å². The predicted octanol–water partition coefficient (Wildman–Crippen LogP) is 3.11. The van der Waals surface area contributed by atoms with Gasteiger partial charge in [-0.2, -0.15) is 0 Å². The Morgan fingerprint density at radius 2 is 1.93 bits per heavy atom. The first-order valence-electron chi connectivity index (χ1n) is 9.55. The van der Waals surface area contributed by atoms with Gasteiger partial charge in [0.05, 0.1) is 5.60 Å². The first kappa shape index (κ1) is 19.4. The second-order valence-electron chi connectivity index (χ2n) is 7.69. The SMILES string of the molecule is Cc1cc(CCc2ccccc2)oc(=O)c1C(=O)N1CCCC(C)(O)CC1. The number of hydrogen-bond acceptors (Lipinski definition) is 4. The molecule has 144 valence electrons. The molecule has 2 heterocycles.